The molecule has 1 fully saturated rings. The Balaban J connectivity index is 1.77. The van der Waals surface area contributed by atoms with Crippen molar-refractivity contribution in [3.63, 3.8) is 0 Å². The number of aromatic nitrogens is 3. The molecule has 1 aromatic carbocycles. The molecule has 1 unspecified atom stereocenters. The number of benzene rings is 1. The minimum atomic E-state index is -2.91. The molecule has 146 valence electrons. The molecule has 1 aliphatic rings. The molecule has 0 bridgehead atoms. The largest absolute Gasteiger partial charge is 0.340 e. The van der Waals surface area contributed by atoms with Crippen LogP contribution in [0, 0.1) is 22.7 Å². The first-order valence-corrected chi connectivity index (χ1v) is 9.05. The molecular weight excluding hydrogens is 376 g/mol. The van der Waals surface area contributed by atoms with Crippen molar-refractivity contribution in [3.8, 4) is 12.1 Å². The second-order valence-electron chi connectivity index (χ2n) is 7.03. The van der Waals surface area contributed by atoms with E-state index in [-0.39, 0.29) is 19.5 Å². The van der Waals surface area contributed by atoms with Crippen LogP contribution < -0.4 is 10.6 Å². The smallest absolute Gasteiger partial charge is 0.266 e. The first-order valence-electron chi connectivity index (χ1n) is 9.05. The normalized spacial score (nSPS) is 18.4. The third kappa shape index (κ3) is 3.48. The molecule has 3 heterocycles. The SMILES string of the molecule is N#Cc1ccc(Cn2c(N3CCC(F)(F)C(N)C3)nc3cc(C#N)ccc32)nc1. The lowest BCUT2D eigenvalue weighted by atomic mass is 10.0. The lowest BCUT2D eigenvalue weighted by molar-refractivity contribution is -0.0395. The Morgan fingerprint density at radius 3 is 2.59 bits per heavy atom. The van der Waals surface area contributed by atoms with E-state index in [1.54, 1.807) is 35.2 Å². The Labute approximate surface area is 165 Å². The van der Waals surface area contributed by atoms with E-state index in [0.29, 0.717) is 34.8 Å². The number of piperidine rings is 1. The Hall–Kier alpha value is -3.56. The fourth-order valence-corrected chi connectivity index (χ4v) is 3.44. The molecule has 29 heavy (non-hydrogen) atoms. The molecule has 3 aromatic rings. The van der Waals surface area contributed by atoms with Gasteiger partial charge in [0.15, 0.2) is 0 Å². The van der Waals surface area contributed by atoms with E-state index < -0.39 is 12.0 Å². The molecular formula is C20H17F2N7. The van der Waals surface area contributed by atoms with E-state index in [0.717, 1.165) is 5.52 Å². The van der Waals surface area contributed by atoms with Crippen molar-refractivity contribution >= 4 is 17.0 Å². The van der Waals surface area contributed by atoms with Gasteiger partial charge < -0.3 is 15.2 Å². The summed E-state index contributed by atoms with van der Waals surface area (Å²) in [7, 11) is 0. The van der Waals surface area contributed by atoms with Crippen LogP contribution in [0.5, 0.6) is 0 Å². The predicted octanol–water partition coefficient (Wildman–Crippen LogP) is 2.40. The fraction of sp³-hybridized carbons (Fsp3) is 0.300. The first kappa shape index (κ1) is 18.8. The third-order valence-corrected chi connectivity index (χ3v) is 5.09. The Morgan fingerprint density at radius 1 is 1.17 bits per heavy atom. The van der Waals surface area contributed by atoms with Crippen LogP contribution >= 0.6 is 0 Å². The van der Waals surface area contributed by atoms with Gasteiger partial charge in [0.1, 0.15) is 6.07 Å². The number of nitrogens with two attached hydrogens (primary N) is 1. The fourth-order valence-electron chi connectivity index (χ4n) is 3.44. The summed E-state index contributed by atoms with van der Waals surface area (Å²) in [4.78, 5) is 10.7. The van der Waals surface area contributed by atoms with Crippen LogP contribution in [0.3, 0.4) is 0 Å². The number of anilines is 1. The van der Waals surface area contributed by atoms with Gasteiger partial charge in [-0.05, 0) is 30.3 Å². The maximum absolute atomic E-state index is 13.9. The van der Waals surface area contributed by atoms with Crippen LogP contribution in [-0.4, -0.2) is 39.6 Å². The highest BCUT2D eigenvalue weighted by Gasteiger charge is 2.42. The van der Waals surface area contributed by atoms with Gasteiger partial charge in [0.05, 0.1) is 46.5 Å². The van der Waals surface area contributed by atoms with Gasteiger partial charge in [-0.1, -0.05) is 0 Å². The second-order valence-corrected chi connectivity index (χ2v) is 7.03. The average Bonchev–Trinajstić information content (AvgIpc) is 3.08. The van der Waals surface area contributed by atoms with Crippen molar-refractivity contribution in [1.29, 1.82) is 10.5 Å². The topological polar surface area (TPSA) is 108 Å². The summed E-state index contributed by atoms with van der Waals surface area (Å²) in [5.74, 6) is -2.40. The molecule has 1 aliphatic heterocycles. The Bertz CT molecular complexity index is 1140. The zero-order chi connectivity index (χ0) is 20.6. The molecule has 1 saturated heterocycles. The van der Waals surface area contributed by atoms with Crippen molar-refractivity contribution < 1.29 is 8.78 Å². The van der Waals surface area contributed by atoms with Gasteiger partial charge in [0.25, 0.3) is 5.92 Å². The van der Waals surface area contributed by atoms with E-state index in [2.05, 4.69) is 16.0 Å². The molecule has 0 spiro atoms. The van der Waals surface area contributed by atoms with E-state index >= 15 is 0 Å². The Morgan fingerprint density at radius 2 is 1.93 bits per heavy atom. The lowest BCUT2D eigenvalue weighted by Gasteiger charge is -2.37. The minimum Gasteiger partial charge on any atom is -0.340 e. The van der Waals surface area contributed by atoms with Crippen LogP contribution in [0.15, 0.2) is 36.5 Å². The van der Waals surface area contributed by atoms with Gasteiger partial charge in [-0.25, -0.2) is 13.8 Å². The summed E-state index contributed by atoms with van der Waals surface area (Å²) in [5, 5.41) is 18.1. The number of halogens is 2. The summed E-state index contributed by atoms with van der Waals surface area (Å²) < 4.78 is 29.6. The number of nitriles is 2. The molecule has 4 rings (SSSR count). The molecule has 1 atom stereocenters. The molecule has 7 nitrogen and oxygen atoms in total. The van der Waals surface area contributed by atoms with Gasteiger partial charge in [-0.2, -0.15) is 10.5 Å². The number of hydrogen-bond acceptors (Lipinski definition) is 6. The summed E-state index contributed by atoms with van der Waals surface area (Å²) in [6, 6.07) is 11.4. The van der Waals surface area contributed by atoms with Crippen molar-refractivity contribution in [1.82, 2.24) is 14.5 Å². The van der Waals surface area contributed by atoms with Crippen LogP contribution in [-0.2, 0) is 6.54 Å². The molecule has 0 saturated carbocycles. The zero-order valence-corrected chi connectivity index (χ0v) is 15.4. The first-order chi connectivity index (χ1) is 13.9. The van der Waals surface area contributed by atoms with Crippen LogP contribution in [0.2, 0.25) is 0 Å². The van der Waals surface area contributed by atoms with Gasteiger partial charge in [0, 0.05) is 25.7 Å². The van der Waals surface area contributed by atoms with Crippen LogP contribution in [0.1, 0.15) is 23.2 Å². The van der Waals surface area contributed by atoms with Crippen molar-refractivity contribution in [3.05, 3.63) is 53.3 Å². The summed E-state index contributed by atoms with van der Waals surface area (Å²) >= 11 is 0. The van der Waals surface area contributed by atoms with Crippen molar-refractivity contribution in [2.75, 3.05) is 18.0 Å². The number of nitrogens with zero attached hydrogens (tertiary/aromatic N) is 6. The van der Waals surface area contributed by atoms with Gasteiger partial charge in [0.2, 0.25) is 5.95 Å². The number of alkyl halides is 2. The number of imidazole rings is 1. The van der Waals surface area contributed by atoms with Gasteiger partial charge in [-0.3, -0.25) is 4.98 Å². The van der Waals surface area contributed by atoms with Crippen LogP contribution in [0.25, 0.3) is 11.0 Å². The van der Waals surface area contributed by atoms with Gasteiger partial charge in [-0.15, -0.1) is 0 Å². The minimum absolute atomic E-state index is 0.0256. The molecule has 0 radical (unpaired) electrons. The maximum Gasteiger partial charge on any atom is 0.266 e. The average molecular weight is 393 g/mol. The Kier molecular flexibility index (Phi) is 4.61. The number of rotatable bonds is 3. The van der Waals surface area contributed by atoms with E-state index in [4.69, 9.17) is 16.3 Å². The summed E-state index contributed by atoms with van der Waals surface area (Å²) in [5.41, 5.74) is 8.67. The highest BCUT2D eigenvalue weighted by Crippen LogP contribution is 2.32. The standard InChI is InChI=1S/C20H17F2N7/c21-20(22)5-6-28(12-18(20)25)19-27-16-7-13(8-23)2-4-17(16)29(19)11-15-3-1-14(9-24)10-26-15/h1-4,7,10,18H,5-6,11-12,25H2. The molecule has 0 aliphatic carbocycles. The molecule has 9 heteroatoms. The van der Waals surface area contributed by atoms with Crippen molar-refractivity contribution in [2.24, 2.45) is 5.73 Å². The quantitative estimate of drug-likeness (QED) is 0.732. The maximum atomic E-state index is 13.9. The van der Waals surface area contributed by atoms with E-state index in [1.165, 1.54) is 6.20 Å². The third-order valence-electron chi connectivity index (χ3n) is 5.09. The second kappa shape index (κ2) is 7.12. The summed E-state index contributed by atoms with van der Waals surface area (Å²) in [6.45, 7) is 0.434. The van der Waals surface area contributed by atoms with Gasteiger partial charge >= 0.3 is 0 Å². The summed E-state index contributed by atoms with van der Waals surface area (Å²) in [6.07, 6.45) is 1.13. The zero-order valence-electron chi connectivity index (χ0n) is 15.4. The molecule has 0 amide bonds. The van der Waals surface area contributed by atoms with Crippen molar-refractivity contribution in [2.45, 2.75) is 24.9 Å². The predicted molar refractivity (Wildman–Crippen MR) is 102 cm³/mol. The highest BCUT2D eigenvalue weighted by atomic mass is 19.3. The van der Waals surface area contributed by atoms with E-state index in [1.807, 2.05) is 10.6 Å². The van der Waals surface area contributed by atoms with E-state index in [9.17, 15) is 8.78 Å². The van der Waals surface area contributed by atoms with Crippen LogP contribution in [0.4, 0.5) is 14.7 Å². The molecule has 2 aromatic heterocycles. The highest BCUT2D eigenvalue weighted by molar-refractivity contribution is 5.80. The number of pyridine rings is 1. The molecule has 2 N–H and O–H groups in total. The monoisotopic (exact) mass is 393 g/mol. The number of hydrogen-bond donors (Lipinski definition) is 1. The lowest BCUT2D eigenvalue weighted by Crippen LogP contribution is -2.55. The number of fused-ring (bicyclic) bond motifs is 1.